The first-order valence-electron chi connectivity index (χ1n) is 7.25. The average molecular weight is 334 g/mol. The van der Waals surface area contributed by atoms with Crippen molar-refractivity contribution in [2.45, 2.75) is 38.7 Å². The van der Waals surface area contributed by atoms with Crippen LogP contribution in [0.3, 0.4) is 0 Å². The van der Waals surface area contributed by atoms with Crippen molar-refractivity contribution in [3.63, 3.8) is 0 Å². The van der Waals surface area contributed by atoms with Crippen LogP contribution in [0.15, 0.2) is 18.2 Å². The fourth-order valence-electron chi connectivity index (χ4n) is 2.06. The molecule has 20 heavy (non-hydrogen) atoms. The number of nitrogens with zero attached hydrogens (tertiary/aromatic N) is 1. The molecule has 0 spiro atoms. The molecule has 0 saturated heterocycles. The molecular weight excluding hydrogens is 309 g/mol. The van der Waals surface area contributed by atoms with Crippen molar-refractivity contribution in [1.82, 2.24) is 4.90 Å². The van der Waals surface area contributed by atoms with Crippen LogP contribution in [0, 0.1) is 5.92 Å². The summed E-state index contributed by atoms with van der Waals surface area (Å²) in [6.07, 6.45) is 0. The van der Waals surface area contributed by atoms with Crippen LogP contribution in [-0.4, -0.2) is 29.8 Å². The van der Waals surface area contributed by atoms with Gasteiger partial charge in [0.15, 0.2) is 0 Å². The third-order valence-electron chi connectivity index (χ3n) is 3.76. The maximum atomic E-state index is 6.22. The summed E-state index contributed by atoms with van der Waals surface area (Å²) < 4.78 is 0. The minimum atomic E-state index is 0.613. The fraction of sp³-hybridized carbons (Fsp3) is 0.625. The summed E-state index contributed by atoms with van der Waals surface area (Å²) in [4.78, 5) is 2.48. The zero-order chi connectivity index (χ0) is 15.1. The molecule has 0 saturated carbocycles. The summed E-state index contributed by atoms with van der Waals surface area (Å²) in [5, 5.41) is 2.09. The lowest BCUT2D eigenvalue weighted by atomic mass is 10.1. The topological polar surface area (TPSA) is 3.24 Å². The van der Waals surface area contributed by atoms with Gasteiger partial charge in [-0.2, -0.15) is 11.8 Å². The van der Waals surface area contributed by atoms with E-state index in [1.165, 1.54) is 5.56 Å². The highest BCUT2D eigenvalue weighted by Crippen LogP contribution is 2.29. The largest absolute Gasteiger partial charge is 0.304 e. The molecule has 2 atom stereocenters. The second-order valence-corrected chi connectivity index (χ2v) is 7.42. The summed E-state index contributed by atoms with van der Waals surface area (Å²) in [6.45, 7) is 12.5. The minimum absolute atomic E-state index is 0.613. The highest BCUT2D eigenvalue weighted by molar-refractivity contribution is 7.99. The quantitative estimate of drug-likeness (QED) is 0.609. The van der Waals surface area contributed by atoms with E-state index in [2.05, 4.69) is 32.6 Å². The number of rotatable bonds is 8. The Bertz CT molecular complexity index is 407. The van der Waals surface area contributed by atoms with Crippen molar-refractivity contribution in [1.29, 1.82) is 0 Å². The molecule has 0 aliphatic carbocycles. The lowest BCUT2D eigenvalue weighted by Gasteiger charge is -2.26. The first-order chi connectivity index (χ1) is 9.47. The van der Waals surface area contributed by atoms with Gasteiger partial charge in [0.1, 0.15) is 0 Å². The van der Waals surface area contributed by atoms with Crippen LogP contribution in [0.4, 0.5) is 0 Å². The molecule has 0 N–H and O–H groups in total. The molecule has 0 aliphatic rings. The van der Waals surface area contributed by atoms with Gasteiger partial charge in [0, 0.05) is 27.6 Å². The van der Waals surface area contributed by atoms with Crippen LogP contribution >= 0.6 is 35.0 Å². The Labute approximate surface area is 138 Å². The number of thioether (sulfide) groups is 1. The van der Waals surface area contributed by atoms with E-state index < -0.39 is 0 Å². The Kier molecular flexibility index (Phi) is 8.35. The predicted molar refractivity (Wildman–Crippen MR) is 94.2 cm³/mol. The third kappa shape index (κ3) is 5.85. The van der Waals surface area contributed by atoms with Crippen LogP contribution < -0.4 is 0 Å². The van der Waals surface area contributed by atoms with E-state index in [0.717, 1.165) is 30.4 Å². The van der Waals surface area contributed by atoms with Gasteiger partial charge in [-0.3, -0.25) is 0 Å². The second-order valence-electron chi connectivity index (χ2n) is 5.21. The Morgan fingerprint density at radius 2 is 1.80 bits per heavy atom. The van der Waals surface area contributed by atoms with Gasteiger partial charge in [0.25, 0.3) is 0 Å². The van der Waals surface area contributed by atoms with Gasteiger partial charge in [-0.1, -0.05) is 57.0 Å². The number of benzene rings is 1. The van der Waals surface area contributed by atoms with E-state index in [4.69, 9.17) is 23.2 Å². The normalized spacial score (nSPS) is 14.6. The van der Waals surface area contributed by atoms with Crippen molar-refractivity contribution < 1.29 is 0 Å². The summed E-state index contributed by atoms with van der Waals surface area (Å²) in [7, 11) is 0. The van der Waals surface area contributed by atoms with Gasteiger partial charge in [-0.05, 0) is 36.7 Å². The lowest BCUT2D eigenvalue weighted by molar-refractivity contribution is 0.260. The number of hydrogen-bond acceptors (Lipinski definition) is 2. The van der Waals surface area contributed by atoms with Gasteiger partial charge < -0.3 is 4.90 Å². The molecule has 0 aromatic heterocycles. The standard InChI is InChI=1S/C16H25Cl2NS/c1-5-19(6-2)10-12(3)13(4)20-11-14-7-8-15(17)9-16(14)18/h7-9,12-13H,5-6,10-11H2,1-4H3. The molecule has 4 heteroatoms. The molecule has 0 heterocycles. The first-order valence-corrected chi connectivity index (χ1v) is 9.06. The van der Waals surface area contributed by atoms with Crippen molar-refractivity contribution in [3.05, 3.63) is 33.8 Å². The summed E-state index contributed by atoms with van der Waals surface area (Å²) in [5.74, 6) is 1.62. The molecular formula is C16H25Cl2NS. The van der Waals surface area contributed by atoms with Crippen molar-refractivity contribution >= 4 is 35.0 Å². The Morgan fingerprint density at radius 1 is 1.15 bits per heavy atom. The average Bonchev–Trinajstić information content (AvgIpc) is 2.43. The van der Waals surface area contributed by atoms with Gasteiger partial charge in [-0.15, -0.1) is 0 Å². The summed E-state index contributed by atoms with van der Waals surface area (Å²) in [6, 6.07) is 5.76. The first kappa shape index (κ1) is 18.2. The maximum absolute atomic E-state index is 6.22. The summed E-state index contributed by atoms with van der Waals surface area (Å²) >= 11 is 14.1. The van der Waals surface area contributed by atoms with Gasteiger partial charge in [-0.25, -0.2) is 0 Å². The second kappa shape index (κ2) is 9.19. The molecule has 0 radical (unpaired) electrons. The third-order valence-corrected chi connectivity index (χ3v) is 5.81. The van der Waals surface area contributed by atoms with E-state index in [-0.39, 0.29) is 0 Å². The van der Waals surface area contributed by atoms with E-state index in [1.807, 2.05) is 30.0 Å². The van der Waals surface area contributed by atoms with Gasteiger partial charge in [0.2, 0.25) is 0 Å². The van der Waals surface area contributed by atoms with E-state index in [9.17, 15) is 0 Å². The molecule has 0 fully saturated rings. The molecule has 2 unspecified atom stereocenters. The van der Waals surface area contributed by atoms with E-state index in [1.54, 1.807) is 0 Å². The highest BCUT2D eigenvalue weighted by Gasteiger charge is 2.16. The zero-order valence-electron chi connectivity index (χ0n) is 12.8. The minimum Gasteiger partial charge on any atom is -0.304 e. The molecule has 1 aromatic carbocycles. The molecule has 0 aliphatic heterocycles. The molecule has 1 aromatic rings. The van der Waals surface area contributed by atoms with Crippen molar-refractivity contribution in [2.24, 2.45) is 5.92 Å². The van der Waals surface area contributed by atoms with Crippen molar-refractivity contribution in [2.75, 3.05) is 19.6 Å². The number of hydrogen-bond donors (Lipinski definition) is 0. The van der Waals surface area contributed by atoms with E-state index >= 15 is 0 Å². The molecule has 114 valence electrons. The molecule has 1 rings (SSSR count). The molecule has 1 nitrogen and oxygen atoms in total. The lowest BCUT2D eigenvalue weighted by Crippen LogP contribution is -2.31. The van der Waals surface area contributed by atoms with Gasteiger partial charge in [0.05, 0.1) is 0 Å². The highest BCUT2D eigenvalue weighted by atomic mass is 35.5. The van der Waals surface area contributed by atoms with Crippen LogP contribution in [0.2, 0.25) is 10.0 Å². The van der Waals surface area contributed by atoms with Crippen LogP contribution in [0.25, 0.3) is 0 Å². The monoisotopic (exact) mass is 333 g/mol. The fourth-order valence-corrected chi connectivity index (χ4v) is 3.73. The zero-order valence-corrected chi connectivity index (χ0v) is 15.2. The SMILES string of the molecule is CCN(CC)CC(C)C(C)SCc1ccc(Cl)cc1Cl. The predicted octanol–water partition coefficient (Wildman–Crippen LogP) is 5.59. The molecule has 0 amide bonds. The Hall–Kier alpha value is 0.110. The van der Waals surface area contributed by atoms with Crippen LogP contribution in [0.1, 0.15) is 33.3 Å². The van der Waals surface area contributed by atoms with Gasteiger partial charge >= 0.3 is 0 Å². The van der Waals surface area contributed by atoms with E-state index in [0.29, 0.717) is 16.2 Å². The van der Waals surface area contributed by atoms with Crippen LogP contribution in [-0.2, 0) is 5.75 Å². The Morgan fingerprint density at radius 3 is 2.35 bits per heavy atom. The smallest absolute Gasteiger partial charge is 0.0461 e. The van der Waals surface area contributed by atoms with Crippen molar-refractivity contribution in [3.8, 4) is 0 Å². The maximum Gasteiger partial charge on any atom is 0.0461 e. The molecule has 0 bridgehead atoms. The van der Waals surface area contributed by atoms with Crippen LogP contribution in [0.5, 0.6) is 0 Å². The summed E-state index contributed by atoms with van der Waals surface area (Å²) in [5.41, 5.74) is 1.17. The number of halogens is 2. The Balaban J connectivity index is 2.47.